The fourth-order valence-electron chi connectivity index (χ4n) is 2.07. The van der Waals surface area contributed by atoms with Crippen LogP contribution < -0.4 is 5.32 Å². The van der Waals surface area contributed by atoms with Crippen LogP contribution in [0, 0.1) is 0 Å². The van der Waals surface area contributed by atoms with Gasteiger partial charge in [-0.3, -0.25) is 0 Å². The number of anilines is 1. The second-order valence-corrected chi connectivity index (χ2v) is 6.86. The van der Waals surface area contributed by atoms with Gasteiger partial charge in [-0.1, -0.05) is 42.3 Å². The van der Waals surface area contributed by atoms with Crippen molar-refractivity contribution >= 4 is 51.3 Å². The number of hydrogen-bond donors (Lipinski definition) is 1. The molecule has 0 radical (unpaired) electrons. The normalized spacial score (nSPS) is 11.0. The van der Waals surface area contributed by atoms with Crippen molar-refractivity contribution in [3.63, 3.8) is 0 Å². The zero-order chi connectivity index (χ0) is 14.8. The lowest BCUT2D eigenvalue weighted by atomic mass is 10.2. The first-order chi connectivity index (χ1) is 10.2. The topological polar surface area (TPSA) is 37.8 Å². The lowest BCUT2D eigenvalue weighted by molar-refractivity contribution is 0.970. The molecule has 108 valence electrons. The molecule has 0 atom stereocenters. The minimum absolute atomic E-state index is 0.598. The smallest absolute Gasteiger partial charge is 0.164 e. The Morgan fingerprint density at radius 1 is 1.19 bits per heavy atom. The second kappa shape index (κ2) is 6.18. The molecule has 3 nitrogen and oxygen atoms in total. The number of halogens is 2. The van der Waals surface area contributed by atoms with Crippen molar-refractivity contribution in [2.75, 3.05) is 11.9 Å². The Morgan fingerprint density at radius 3 is 2.71 bits per heavy atom. The number of hydrogen-bond acceptors (Lipinski definition) is 4. The third-order valence-electron chi connectivity index (χ3n) is 3.04. The van der Waals surface area contributed by atoms with Crippen LogP contribution in [0.1, 0.15) is 13.3 Å². The largest absolute Gasteiger partial charge is 0.369 e. The summed E-state index contributed by atoms with van der Waals surface area (Å²) in [7, 11) is 0. The first kappa shape index (κ1) is 14.6. The van der Waals surface area contributed by atoms with Crippen LogP contribution >= 0.6 is 34.5 Å². The third-order valence-corrected chi connectivity index (χ3v) is 4.53. The third kappa shape index (κ3) is 2.98. The van der Waals surface area contributed by atoms with Gasteiger partial charge in [0.1, 0.15) is 10.2 Å². The van der Waals surface area contributed by atoms with Crippen LogP contribution in [0.3, 0.4) is 0 Å². The van der Waals surface area contributed by atoms with Gasteiger partial charge in [0.25, 0.3) is 0 Å². The highest BCUT2D eigenvalue weighted by atomic mass is 35.5. The number of fused-ring (bicyclic) bond motifs is 1. The van der Waals surface area contributed by atoms with Crippen molar-refractivity contribution in [2.45, 2.75) is 13.3 Å². The Balaban J connectivity index is 2.17. The quantitative estimate of drug-likeness (QED) is 0.684. The summed E-state index contributed by atoms with van der Waals surface area (Å²) < 4.78 is 1.24. The summed E-state index contributed by atoms with van der Waals surface area (Å²) in [6.45, 7) is 2.98. The highest BCUT2D eigenvalue weighted by molar-refractivity contribution is 7.20. The van der Waals surface area contributed by atoms with Crippen LogP contribution in [0.25, 0.3) is 22.3 Å². The molecule has 0 fully saturated rings. The van der Waals surface area contributed by atoms with Gasteiger partial charge in [-0.25, -0.2) is 9.97 Å². The van der Waals surface area contributed by atoms with Crippen molar-refractivity contribution in [1.29, 1.82) is 0 Å². The maximum absolute atomic E-state index is 6.22. The van der Waals surface area contributed by atoms with Gasteiger partial charge in [-0.15, -0.1) is 11.3 Å². The molecule has 2 heterocycles. The molecule has 0 saturated heterocycles. The Bertz CT molecular complexity index is 786. The summed E-state index contributed by atoms with van der Waals surface area (Å²) in [6, 6.07) is 9.74. The van der Waals surface area contributed by atoms with Crippen LogP contribution in [0.15, 0.2) is 30.3 Å². The van der Waals surface area contributed by atoms with E-state index in [4.69, 9.17) is 23.2 Å². The molecule has 0 saturated carbocycles. The van der Waals surface area contributed by atoms with Gasteiger partial charge in [-0.05, 0) is 24.6 Å². The first-order valence-electron chi connectivity index (χ1n) is 6.65. The summed E-state index contributed by atoms with van der Waals surface area (Å²) in [5.74, 6) is 1.43. The van der Waals surface area contributed by atoms with Gasteiger partial charge >= 0.3 is 0 Å². The molecule has 21 heavy (non-hydrogen) atoms. The standard InChI is InChI=1S/C15H13Cl2N3S/c1-2-7-18-14-9-5-3-4-6-11(9)19-15(20-14)10-8-12(16)21-13(10)17/h3-6,8H,2,7H2,1H3,(H,18,19,20). The first-order valence-corrected chi connectivity index (χ1v) is 8.22. The maximum atomic E-state index is 6.22. The highest BCUT2D eigenvalue weighted by Gasteiger charge is 2.14. The van der Waals surface area contributed by atoms with E-state index in [0.717, 1.165) is 35.2 Å². The Hall–Kier alpha value is -1.36. The molecular weight excluding hydrogens is 325 g/mol. The van der Waals surface area contributed by atoms with Crippen LogP contribution in [0.4, 0.5) is 5.82 Å². The van der Waals surface area contributed by atoms with Crippen molar-refractivity contribution in [3.05, 3.63) is 39.0 Å². The highest BCUT2D eigenvalue weighted by Crippen LogP contribution is 2.37. The number of nitrogens with zero attached hydrogens (tertiary/aromatic N) is 2. The number of rotatable bonds is 4. The van der Waals surface area contributed by atoms with E-state index >= 15 is 0 Å². The number of nitrogens with one attached hydrogen (secondary N) is 1. The SMILES string of the molecule is CCCNc1nc(-c2cc(Cl)sc2Cl)nc2ccccc12. The Morgan fingerprint density at radius 2 is 2.00 bits per heavy atom. The van der Waals surface area contributed by atoms with Gasteiger partial charge in [0, 0.05) is 11.9 Å². The lowest BCUT2D eigenvalue weighted by Gasteiger charge is -2.09. The average Bonchev–Trinajstić information content (AvgIpc) is 2.83. The van der Waals surface area contributed by atoms with E-state index in [-0.39, 0.29) is 0 Å². The van der Waals surface area contributed by atoms with Crippen molar-refractivity contribution in [1.82, 2.24) is 9.97 Å². The lowest BCUT2D eigenvalue weighted by Crippen LogP contribution is -2.04. The molecule has 0 bridgehead atoms. The molecule has 2 aromatic heterocycles. The molecule has 0 spiro atoms. The molecule has 6 heteroatoms. The summed E-state index contributed by atoms with van der Waals surface area (Å²) in [5, 5.41) is 4.36. The van der Waals surface area contributed by atoms with Crippen LogP contribution in [0.5, 0.6) is 0 Å². The number of para-hydroxylation sites is 1. The zero-order valence-corrected chi connectivity index (χ0v) is 13.7. The predicted octanol–water partition coefficient (Wildman–Crippen LogP) is 5.49. The van der Waals surface area contributed by atoms with Gasteiger partial charge in [0.05, 0.1) is 15.4 Å². The summed E-state index contributed by atoms with van der Waals surface area (Å²) >= 11 is 13.6. The maximum Gasteiger partial charge on any atom is 0.164 e. The monoisotopic (exact) mass is 337 g/mol. The van der Waals surface area contributed by atoms with E-state index in [0.29, 0.717) is 14.5 Å². The number of benzene rings is 1. The van der Waals surface area contributed by atoms with E-state index in [1.807, 2.05) is 30.3 Å². The minimum Gasteiger partial charge on any atom is -0.369 e. The van der Waals surface area contributed by atoms with Crippen LogP contribution in [-0.2, 0) is 0 Å². The van der Waals surface area contributed by atoms with Crippen molar-refractivity contribution in [3.8, 4) is 11.4 Å². The van der Waals surface area contributed by atoms with E-state index in [9.17, 15) is 0 Å². The summed E-state index contributed by atoms with van der Waals surface area (Å²) in [6.07, 6.45) is 1.03. The zero-order valence-electron chi connectivity index (χ0n) is 11.4. The van der Waals surface area contributed by atoms with E-state index in [2.05, 4.69) is 22.2 Å². The fourth-order valence-corrected chi connectivity index (χ4v) is 3.52. The fraction of sp³-hybridized carbons (Fsp3) is 0.200. The molecule has 0 unspecified atom stereocenters. The van der Waals surface area contributed by atoms with Gasteiger partial charge in [-0.2, -0.15) is 0 Å². The van der Waals surface area contributed by atoms with Crippen molar-refractivity contribution < 1.29 is 0 Å². The number of aromatic nitrogens is 2. The van der Waals surface area contributed by atoms with Gasteiger partial charge in [0.2, 0.25) is 0 Å². The predicted molar refractivity (Wildman–Crippen MR) is 91.7 cm³/mol. The van der Waals surface area contributed by atoms with E-state index in [1.54, 1.807) is 0 Å². The van der Waals surface area contributed by atoms with E-state index < -0.39 is 0 Å². The Labute approximate surface area is 137 Å². The van der Waals surface area contributed by atoms with Crippen LogP contribution in [-0.4, -0.2) is 16.5 Å². The van der Waals surface area contributed by atoms with Crippen LogP contribution in [0.2, 0.25) is 8.67 Å². The van der Waals surface area contributed by atoms with Crippen molar-refractivity contribution in [2.24, 2.45) is 0 Å². The molecule has 0 amide bonds. The molecular formula is C15H13Cl2N3S. The summed E-state index contributed by atoms with van der Waals surface area (Å²) in [4.78, 5) is 9.23. The molecule has 3 aromatic rings. The number of thiophene rings is 1. The Kier molecular flexibility index (Phi) is 4.29. The molecule has 1 N–H and O–H groups in total. The van der Waals surface area contributed by atoms with Gasteiger partial charge in [0.15, 0.2) is 5.82 Å². The minimum atomic E-state index is 0.598. The molecule has 3 rings (SSSR count). The van der Waals surface area contributed by atoms with Gasteiger partial charge < -0.3 is 5.32 Å². The summed E-state index contributed by atoms with van der Waals surface area (Å²) in [5.41, 5.74) is 1.66. The molecule has 0 aliphatic carbocycles. The molecule has 0 aliphatic heterocycles. The second-order valence-electron chi connectivity index (χ2n) is 4.58. The molecule has 1 aromatic carbocycles. The molecule has 0 aliphatic rings. The average molecular weight is 338 g/mol. The van der Waals surface area contributed by atoms with E-state index in [1.165, 1.54) is 11.3 Å².